The van der Waals surface area contributed by atoms with E-state index in [1.54, 1.807) is 0 Å². The van der Waals surface area contributed by atoms with Crippen molar-refractivity contribution in [1.82, 2.24) is 9.80 Å². The minimum absolute atomic E-state index is 0.210. The Hall–Kier alpha value is -0.770. The maximum absolute atomic E-state index is 12.5. The Bertz CT molecular complexity index is 245. The molecule has 18 heavy (non-hydrogen) atoms. The van der Waals surface area contributed by atoms with Crippen LogP contribution in [-0.4, -0.2) is 47.5 Å². The quantitative estimate of drug-likeness (QED) is 0.820. The molecule has 0 aromatic rings. The molecule has 0 aromatic carbocycles. The molecule has 4 heteroatoms. The summed E-state index contributed by atoms with van der Waals surface area (Å²) in [5.74, 6) is 0. The van der Waals surface area contributed by atoms with Gasteiger partial charge in [-0.3, -0.25) is 0 Å². The minimum atomic E-state index is 0.210. The summed E-state index contributed by atoms with van der Waals surface area (Å²) in [6.45, 7) is 8.68. The van der Waals surface area contributed by atoms with Gasteiger partial charge in [-0.2, -0.15) is 0 Å². The van der Waals surface area contributed by atoms with Gasteiger partial charge in [0.05, 0.1) is 0 Å². The van der Waals surface area contributed by atoms with Gasteiger partial charge < -0.3 is 15.5 Å². The highest BCUT2D eigenvalue weighted by molar-refractivity contribution is 5.74. The highest BCUT2D eigenvalue weighted by atomic mass is 16.2. The van der Waals surface area contributed by atoms with Crippen LogP contribution in [0.3, 0.4) is 0 Å². The monoisotopic (exact) mass is 255 g/mol. The van der Waals surface area contributed by atoms with Crippen molar-refractivity contribution in [2.45, 2.75) is 65.0 Å². The number of carbonyl (C=O) groups is 1. The molecule has 0 unspecified atom stereocenters. The fourth-order valence-corrected chi connectivity index (χ4v) is 2.76. The molecule has 0 spiro atoms. The molecule has 0 atom stereocenters. The lowest BCUT2D eigenvalue weighted by molar-refractivity contribution is 0.120. The van der Waals surface area contributed by atoms with Crippen LogP contribution in [0.2, 0.25) is 0 Å². The second-order valence-electron chi connectivity index (χ2n) is 5.22. The van der Waals surface area contributed by atoms with Crippen LogP contribution in [0, 0.1) is 0 Å². The van der Waals surface area contributed by atoms with E-state index in [0.29, 0.717) is 12.1 Å². The molecule has 1 aliphatic carbocycles. The van der Waals surface area contributed by atoms with Crippen molar-refractivity contribution in [3.8, 4) is 0 Å². The Kier molecular flexibility index (Phi) is 6.47. The maximum Gasteiger partial charge on any atom is 0.320 e. The number of nitrogens with two attached hydrogens (primary N) is 1. The third-order valence-electron chi connectivity index (χ3n) is 3.93. The van der Waals surface area contributed by atoms with Crippen LogP contribution in [0.5, 0.6) is 0 Å². The zero-order valence-corrected chi connectivity index (χ0v) is 12.2. The van der Waals surface area contributed by atoms with E-state index < -0.39 is 0 Å². The molecule has 0 bridgehead atoms. The van der Waals surface area contributed by atoms with Gasteiger partial charge in [-0.05, 0) is 46.0 Å². The summed E-state index contributed by atoms with van der Waals surface area (Å²) in [5, 5.41) is 0. The van der Waals surface area contributed by atoms with Crippen molar-refractivity contribution in [1.29, 1.82) is 0 Å². The lowest BCUT2D eigenvalue weighted by Gasteiger charge is -2.38. The van der Waals surface area contributed by atoms with Crippen molar-refractivity contribution in [3.63, 3.8) is 0 Å². The summed E-state index contributed by atoms with van der Waals surface area (Å²) in [7, 11) is 0. The van der Waals surface area contributed by atoms with Crippen LogP contribution in [0.25, 0.3) is 0 Å². The van der Waals surface area contributed by atoms with E-state index in [9.17, 15) is 4.79 Å². The third kappa shape index (κ3) is 3.87. The molecule has 1 saturated carbocycles. The summed E-state index contributed by atoms with van der Waals surface area (Å²) < 4.78 is 0. The Labute approximate surface area is 111 Å². The Morgan fingerprint density at radius 2 is 1.67 bits per heavy atom. The topological polar surface area (TPSA) is 49.6 Å². The smallest absolute Gasteiger partial charge is 0.320 e. The molecule has 4 nitrogen and oxygen atoms in total. The van der Waals surface area contributed by atoms with E-state index in [1.165, 1.54) is 0 Å². The molecule has 1 fully saturated rings. The summed E-state index contributed by atoms with van der Waals surface area (Å²) in [6.07, 6.45) is 5.25. The number of urea groups is 1. The molecule has 0 radical (unpaired) electrons. The van der Waals surface area contributed by atoms with E-state index in [1.807, 2.05) is 18.7 Å². The normalized spacial score (nSPS) is 23.8. The number of carbonyl (C=O) groups excluding carboxylic acids is 1. The molecule has 0 saturated heterocycles. The number of rotatable bonds is 5. The number of hydrogen-bond acceptors (Lipinski definition) is 2. The summed E-state index contributed by atoms with van der Waals surface area (Å²) in [4.78, 5) is 16.5. The van der Waals surface area contributed by atoms with Crippen molar-refractivity contribution < 1.29 is 4.79 Å². The zero-order valence-electron chi connectivity index (χ0n) is 12.2. The fourth-order valence-electron chi connectivity index (χ4n) is 2.76. The van der Waals surface area contributed by atoms with Gasteiger partial charge in [-0.1, -0.05) is 6.92 Å². The van der Waals surface area contributed by atoms with Crippen molar-refractivity contribution in [3.05, 3.63) is 0 Å². The molecular formula is C14H29N3O. The van der Waals surface area contributed by atoms with E-state index in [-0.39, 0.29) is 6.03 Å². The van der Waals surface area contributed by atoms with Crippen LogP contribution in [0.4, 0.5) is 4.79 Å². The predicted molar refractivity (Wildman–Crippen MR) is 75.5 cm³/mol. The van der Waals surface area contributed by atoms with E-state index in [0.717, 1.165) is 51.7 Å². The molecular weight excluding hydrogens is 226 g/mol. The maximum atomic E-state index is 12.5. The van der Waals surface area contributed by atoms with Gasteiger partial charge in [-0.15, -0.1) is 0 Å². The summed E-state index contributed by atoms with van der Waals surface area (Å²) in [5.41, 5.74) is 5.95. The highest BCUT2D eigenvalue weighted by Gasteiger charge is 2.28. The molecule has 0 aromatic heterocycles. The van der Waals surface area contributed by atoms with E-state index >= 15 is 0 Å². The van der Waals surface area contributed by atoms with Gasteiger partial charge in [0.15, 0.2) is 0 Å². The lowest BCUT2D eigenvalue weighted by Crippen LogP contribution is -2.50. The third-order valence-corrected chi connectivity index (χ3v) is 3.93. The lowest BCUT2D eigenvalue weighted by atomic mass is 9.91. The second kappa shape index (κ2) is 7.62. The Morgan fingerprint density at radius 3 is 2.11 bits per heavy atom. The Morgan fingerprint density at radius 1 is 1.11 bits per heavy atom. The Balaban J connectivity index is 2.66. The average Bonchev–Trinajstić information content (AvgIpc) is 2.38. The van der Waals surface area contributed by atoms with Gasteiger partial charge in [-0.25, -0.2) is 4.79 Å². The second-order valence-corrected chi connectivity index (χ2v) is 5.22. The van der Waals surface area contributed by atoms with Crippen LogP contribution >= 0.6 is 0 Å². The van der Waals surface area contributed by atoms with E-state index in [2.05, 4.69) is 11.8 Å². The number of nitrogens with zero attached hydrogens (tertiary/aromatic N) is 2. The van der Waals surface area contributed by atoms with Gasteiger partial charge in [0, 0.05) is 31.7 Å². The summed E-state index contributed by atoms with van der Waals surface area (Å²) in [6, 6.07) is 0.952. The molecule has 2 N–H and O–H groups in total. The standard InChI is InChI=1S/C14H29N3O/c1-4-11-17(14(18)16(5-2)6-3)13-9-7-12(15)8-10-13/h12-13H,4-11,15H2,1-3H3. The van der Waals surface area contributed by atoms with Crippen molar-refractivity contribution in [2.24, 2.45) is 5.73 Å². The average molecular weight is 255 g/mol. The predicted octanol–water partition coefficient (Wildman–Crippen LogP) is 2.43. The van der Waals surface area contributed by atoms with Crippen LogP contribution in [0.1, 0.15) is 52.9 Å². The van der Waals surface area contributed by atoms with Gasteiger partial charge in [0.25, 0.3) is 0 Å². The molecule has 0 heterocycles. The largest absolute Gasteiger partial charge is 0.328 e. The molecule has 0 aliphatic heterocycles. The first-order valence-corrected chi connectivity index (χ1v) is 7.45. The first kappa shape index (κ1) is 15.3. The molecule has 2 amide bonds. The number of amides is 2. The number of hydrogen-bond donors (Lipinski definition) is 1. The SMILES string of the molecule is CCCN(C(=O)N(CC)CC)C1CCC(N)CC1. The molecule has 1 rings (SSSR count). The first-order chi connectivity index (χ1) is 8.63. The van der Waals surface area contributed by atoms with Crippen molar-refractivity contribution >= 4 is 6.03 Å². The van der Waals surface area contributed by atoms with Gasteiger partial charge in [0.1, 0.15) is 0 Å². The molecule has 1 aliphatic rings. The van der Waals surface area contributed by atoms with Crippen LogP contribution < -0.4 is 5.73 Å². The molecule has 106 valence electrons. The van der Waals surface area contributed by atoms with Gasteiger partial charge >= 0.3 is 6.03 Å². The summed E-state index contributed by atoms with van der Waals surface area (Å²) >= 11 is 0. The van der Waals surface area contributed by atoms with Crippen molar-refractivity contribution in [2.75, 3.05) is 19.6 Å². The first-order valence-electron chi connectivity index (χ1n) is 7.45. The minimum Gasteiger partial charge on any atom is -0.328 e. The zero-order chi connectivity index (χ0) is 13.5. The van der Waals surface area contributed by atoms with Gasteiger partial charge in [0.2, 0.25) is 0 Å². The van der Waals surface area contributed by atoms with Crippen LogP contribution in [0.15, 0.2) is 0 Å². The van der Waals surface area contributed by atoms with Crippen LogP contribution in [-0.2, 0) is 0 Å². The van der Waals surface area contributed by atoms with E-state index in [4.69, 9.17) is 5.73 Å². The fraction of sp³-hybridized carbons (Fsp3) is 0.929. The highest BCUT2D eigenvalue weighted by Crippen LogP contribution is 2.23.